The number of sulfonamides is 1. The highest BCUT2D eigenvalue weighted by atomic mass is 35.5. The summed E-state index contributed by atoms with van der Waals surface area (Å²) in [4.78, 5) is 14.3. The molecule has 1 unspecified atom stereocenters. The van der Waals surface area contributed by atoms with Gasteiger partial charge in [-0.25, -0.2) is 13.2 Å². The van der Waals surface area contributed by atoms with Gasteiger partial charge < -0.3 is 4.74 Å². The number of piperazine rings is 1. The van der Waals surface area contributed by atoms with Gasteiger partial charge in [0.1, 0.15) is 10.3 Å². The summed E-state index contributed by atoms with van der Waals surface area (Å²) in [5.41, 5.74) is 0.646. The predicted octanol–water partition coefficient (Wildman–Crippen LogP) is 3.28. The molecule has 1 aliphatic heterocycles. The monoisotopic (exact) mass is 448 g/mol. The molecule has 0 bridgehead atoms. The highest BCUT2D eigenvalue weighted by Gasteiger charge is 2.36. The van der Waals surface area contributed by atoms with Crippen LogP contribution in [0.5, 0.6) is 0 Å². The molecule has 0 saturated carbocycles. The van der Waals surface area contributed by atoms with Gasteiger partial charge in [-0.05, 0) is 23.8 Å². The Morgan fingerprint density at radius 3 is 2.33 bits per heavy atom. The van der Waals surface area contributed by atoms with E-state index < -0.39 is 22.0 Å². The summed E-state index contributed by atoms with van der Waals surface area (Å²) < 4.78 is 32.5. The molecule has 1 fully saturated rings. The van der Waals surface area contributed by atoms with Crippen LogP contribution in [0.2, 0.25) is 9.36 Å². The topological polar surface area (TPSA) is 66.9 Å². The summed E-state index contributed by atoms with van der Waals surface area (Å²) >= 11 is 13.2. The minimum Gasteiger partial charge on any atom is -0.468 e. The fourth-order valence-electron chi connectivity index (χ4n) is 3.05. The predicted molar refractivity (Wildman–Crippen MR) is 106 cm³/mol. The van der Waals surface area contributed by atoms with Gasteiger partial charge in [0.05, 0.1) is 11.4 Å². The number of carbonyl (C=O) groups is 1. The summed E-state index contributed by atoms with van der Waals surface area (Å²) in [5, 5.41) is 0.469. The smallest absolute Gasteiger partial charge is 0.327 e. The molecule has 0 N–H and O–H groups in total. The Kier molecular flexibility index (Phi) is 6.45. The fourth-order valence-corrected chi connectivity index (χ4v) is 6.35. The summed E-state index contributed by atoms with van der Waals surface area (Å²) in [6.45, 7) is 1.28. The zero-order valence-electron chi connectivity index (χ0n) is 14.5. The van der Waals surface area contributed by atoms with Crippen LogP contribution in [-0.4, -0.2) is 56.9 Å². The number of halogens is 2. The molecule has 1 aromatic carbocycles. The van der Waals surface area contributed by atoms with E-state index in [1.165, 1.54) is 17.5 Å². The van der Waals surface area contributed by atoms with Crippen LogP contribution in [0.3, 0.4) is 0 Å². The standard InChI is InChI=1S/C17H18Cl2N2O4S2/c1-25-17(22)16(12-4-2-3-5-13(12)18)20-8-10-21(11-9-20)27(23,24)15-7-6-14(19)26-15/h2-7,16H,8-11H2,1H3. The number of benzene rings is 1. The van der Waals surface area contributed by atoms with Gasteiger partial charge in [-0.1, -0.05) is 41.4 Å². The minimum absolute atomic E-state index is 0.219. The van der Waals surface area contributed by atoms with Crippen LogP contribution in [0.25, 0.3) is 0 Å². The number of nitrogens with zero attached hydrogens (tertiary/aromatic N) is 2. The lowest BCUT2D eigenvalue weighted by molar-refractivity contribution is -0.147. The summed E-state index contributed by atoms with van der Waals surface area (Å²) in [7, 11) is -2.26. The molecule has 1 saturated heterocycles. The van der Waals surface area contributed by atoms with E-state index in [1.54, 1.807) is 30.3 Å². The van der Waals surface area contributed by atoms with E-state index >= 15 is 0 Å². The Labute approximate surface area is 172 Å². The number of thiophene rings is 1. The second-order valence-electron chi connectivity index (χ2n) is 5.95. The third kappa shape index (κ3) is 4.31. The van der Waals surface area contributed by atoms with Crippen LogP contribution >= 0.6 is 34.5 Å². The highest BCUT2D eigenvalue weighted by molar-refractivity contribution is 7.91. The molecule has 2 aromatic rings. The molecule has 0 spiro atoms. The van der Waals surface area contributed by atoms with E-state index in [0.717, 1.165) is 11.3 Å². The van der Waals surface area contributed by atoms with Gasteiger partial charge in [0.15, 0.2) is 0 Å². The van der Waals surface area contributed by atoms with Crippen LogP contribution < -0.4 is 0 Å². The van der Waals surface area contributed by atoms with Crippen molar-refractivity contribution in [3.8, 4) is 0 Å². The highest BCUT2D eigenvalue weighted by Crippen LogP contribution is 2.32. The molecular formula is C17H18Cl2N2O4S2. The molecule has 0 amide bonds. The van der Waals surface area contributed by atoms with Gasteiger partial charge in [-0.15, -0.1) is 11.3 Å². The summed E-state index contributed by atoms with van der Waals surface area (Å²) in [6.07, 6.45) is 0. The summed E-state index contributed by atoms with van der Waals surface area (Å²) in [5.74, 6) is -0.426. The minimum atomic E-state index is -3.59. The van der Waals surface area contributed by atoms with Gasteiger partial charge >= 0.3 is 5.97 Å². The van der Waals surface area contributed by atoms with Crippen LogP contribution in [0, 0.1) is 0 Å². The Balaban J connectivity index is 1.78. The molecule has 3 rings (SSSR count). The van der Waals surface area contributed by atoms with Crippen LogP contribution in [-0.2, 0) is 19.6 Å². The van der Waals surface area contributed by atoms with E-state index in [2.05, 4.69) is 0 Å². The van der Waals surface area contributed by atoms with Gasteiger partial charge in [0.25, 0.3) is 10.0 Å². The number of hydrogen-bond donors (Lipinski definition) is 0. The maximum Gasteiger partial charge on any atom is 0.327 e. The lowest BCUT2D eigenvalue weighted by Crippen LogP contribution is -2.51. The van der Waals surface area contributed by atoms with Crippen molar-refractivity contribution in [2.45, 2.75) is 10.3 Å². The Morgan fingerprint density at radius 1 is 1.11 bits per heavy atom. The molecule has 10 heteroatoms. The Bertz CT molecular complexity index is 925. The molecule has 146 valence electrons. The largest absolute Gasteiger partial charge is 0.468 e. The molecule has 1 aliphatic rings. The molecule has 1 atom stereocenters. The van der Waals surface area contributed by atoms with Gasteiger partial charge in [0.2, 0.25) is 0 Å². The van der Waals surface area contributed by atoms with E-state index in [-0.39, 0.29) is 17.3 Å². The number of carbonyl (C=O) groups excluding carboxylic acids is 1. The lowest BCUT2D eigenvalue weighted by Gasteiger charge is -2.37. The maximum absolute atomic E-state index is 12.7. The first-order valence-corrected chi connectivity index (χ1v) is 11.2. The van der Waals surface area contributed by atoms with E-state index in [4.69, 9.17) is 27.9 Å². The van der Waals surface area contributed by atoms with E-state index in [1.807, 2.05) is 4.90 Å². The third-order valence-corrected chi connectivity index (χ3v) is 8.35. The molecule has 0 radical (unpaired) electrons. The molecule has 6 nitrogen and oxygen atoms in total. The van der Waals surface area contributed by atoms with Crippen LogP contribution in [0.1, 0.15) is 11.6 Å². The van der Waals surface area contributed by atoms with Crippen molar-refractivity contribution in [3.63, 3.8) is 0 Å². The van der Waals surface area contributed by atoms with Crippen molar-refractivity contribution >= 4 is 50.5 Å². The number of hydrogen-bond acceptors (Lipinski definition) is 6. The third-order valence-electron chi connectivity index (χ3n) is 4.41. The fraction of sp³-hybridized carbons (Fsp3) is 0.353. The normalized spacial score (nSPS) is 17.6. The average Bonchev–Trinajstić information content (AvgIpc) is 3.11. The first-order chi connectivity index (χ1) is 12.8. The first-order valence-electron chi connectivity index (χ1n) is 8.16. The molecule has 27 heavy (non-hydrogen) atoms. The average molecular weight is 449 g/mol. The number of rotatable bonds is 5. The summed E-state index contributed by atoms with van der Waals surface area (Å²) in [6, 6.07) is 9.49. The second kappa shape index (κ2) is 8.46. The molecule has 2 heterocycles. The van der Waals surface area contributed by atoms with E-state index in [0.29, 0.717) is 28.0 Å². The zero-order valence-corrected chi connectivity index (χ0v) is 17.6. The molecule has 0 aliphatic carbocycles. The van der Waals surface area contributed by atoms with Gasteiger partial charge in [-0.3, -0.25) is 4.90 Å². The van der Waals surface area contributed by atoms with Crippen molar-refractivity contribution < 1.29 is 17.9 Å². The van der Waals surface area contributed by atoms with Gasteiger partial charge in [-0.2, -0.15) is 4.31 Å². The van der Waals surface area contributed by atoms with Crippen molar-refractivity contribution in [2.75, 3.05) is 33.3 Å². The lowest BCUT2D eigenvalue weighted by atomic mass is 10.0. The Hall–Kier alpha value is -1.16. The quantitative estimate of drug-likeness (QED) is 0.656. The maximum atomic E-state index is 12.7. The SMILES string of the molecule is COC(=O)C(c1ccccc1Cl)N1CCN(S(=O)(=O)c2ccc(Cl)s2)CC1. The van der Waals surface area contributed by atoms with Crippen molar-refractivity contribution in [1.82, 2.24) is 9.21 Å². The second-order valence-corrected chi connectivity index (χ2v) is 10.2. The number of methoxy groups -OCH3 is 1. The van der Waals surface area contributed by atoms with Gasteiger partial charge in [0, 0.05) is 31.2 Å². The van der Waals surface area contributed by atoms with Crippen molar-refractivity contribution in [1.29, 1.82) is 0 Å². The number of esters is 1. The van der Waals surface area contributed by atoms with Crippen LogP contribution in [0.15, 0.2) is 40.6 Å². The first kappa shape index (κ1) is 20.6. The number of ether oxygens (including phenoxy) is 1. The van der Waals surface area contributed by atoms with Crippen LogP contribution in [0.4, 0.5) is 0 Å². The zero-order chi connectivity index (χ0) is 19.6. The molecule has 1 aromatic heterocycles. The van der Waals surface area contributed by atoms with Crippen molar-refractivity contribution in [2.24, 2.45) is 0 Å². The molecular weight excluding hydrogens is 431 g/mol. The Morgan fingerprint density at radius 2 is 1.78 bits per heavy atom. The van der Waals surface area contributed by atoms with E-state index in [9.17, 15) is 13.2 Å². The van der Waals surface area contributed by atoms with Crippen molar-refractivity contribution in [3.05, 3.63) is 51.3 Å².